The van der Waals surface area contributed by atoms with Crippen LogP contribution in [0.2, 0.25) is 5.02 Å². The largest absolute Gasteiger partial charge is 0.439 e. The summed E-state index contributed by atoms with van der Waals surface area (Å²) < 4.78 is 5.87. The molecular weight excluding hydrogens is 248 g/mol. The molecule has 1 N–H and O–H groups in total. The van der Waals surface area contributed by atoms with E-state index in [1.807, 2.05) is 18.2 Å². The van der Waals surface area contributed by atoms with E-state index in [4.69, 9.17) is 16.0 Å². The number of rotatable bonds is 1. The molecule has 0 aliphatic carbocycles. The minimum Gasteiger partial charge on any atom is -0.439 e. The summed E-state index contributed by atoms with van der Waals surface area (Å²) in [7, 11) is 0. The maximum Gasteiger partial charge on any atom is 0.213 e. The molecule has 0 amide bonds. The van der Waals surface area contributed by atoms with Gasteiger partial charge in [0.1, 0.15) is 5.52 Å². The summed E-state index contributed by atoms with van der Waals surface area (Å²) in [6, 6.07) is 5.74. The highest BCUT2D eigenvalue weighted by Crippen LogP contribution is 2.40. The second-order valence-corrected chi connectivity index (χ2v) is 6.08. The predicted molar refractivity (Wildman–Crippen MR) is 72.8 cm³/mol. The fraction of sp³-hybridized carbons (Fsp3) is 0.500. The van der Waals surface area contributed by atoms with E-state index in [0.717, 1.165) is 23.5 Å². The summed E-state index contributed by atoms with van der Waals surface area (Å²) in [5, 5.41) is 4.20. The Labute approximate surface area is 112 Å². The molecule has 1 aliphatic rings. The van der Waals surface area contributed by atoms with E-state index in [2.05, 4.69) is 24.1 Å². The van der Waals surface area contributed by atoms with Crippen molar-refractivity contribution < 1.29 is 4.42 Å². The van der Waals surface area contributed by atoms with Crippen LogP contribution >= 0.6 is 11.6 Å². The van der Waals surface area contributed by atoms with Crippen LogP contribution in [0.3, 0.4) is 0 Å². The SMILES string of the molecule is CC1(C)CCCNC1c1nc2cc(Cl)ccc2o1. The van der Waals surface area contributed by atoms with E-state index in [-0.39, 0.29) is 11.5 Å². The highest BCUT2D eigenvalue weighted by molar-refractivity contribution is 6.31. The van der Waals surface area contributed by atoms with Crippen molar-refractivity contribution in [2.75, 3.05) is 6.54 Å². The number of nitrogens with zero attached hydrogens (tertiary/aromatic N) is 1. The van der Waals surface area contributed by atoms with Crippen LogP contribution in [0.5, 0.6) is 0 Å². The summed E-state index contributed by atoms with van der Waals surface area (Å²) in [6.07, 6.45) is 2.39. The van der Waals surface area contributed by atoms with Gasteiger partial charge in [-0.2, -0.15) is 0 Å². The highest BCUT2D eigenvalue weighted by Gasteiger charge is 2.36. The summed E-state index contributed by atoms with van der Waals surface area (Å²) in [5.41, 5.74) is 1.81. The Morgan fingerprint density at radius 1 is 1.44 bits per heavy atom. The van der Waals surface area contributed by atoms with Gasteiger partial charge in [0.2, 0.25) is 5.89 Å². The maximum atomic E-state index is 5.97. The molecule has 0 saturated carbocycles. The third kappa shape index (κ3) is 2.02. The van der Waals surface area contributed by atoms with Gasteiger partial charge in [-0.15, -0.1) is 0 Å². The Kier molecular flexibility index (Phi) is 2.83. The van der Waals surface area contributed by atoms with Crippen LogP contribution in [-0.2, 0) is 0 Å². The highest BCUT2D eigenvalue weighted by atomic mass is 35.5. The van der Waals surface area contributed by atoms with Crippen LogP contribution < -0.4 is 5.32 Å². The van der Waals surface area contributed by atoms with E-state index in [1.165, 1.54) is 12.8 Å². The number of piperidine rings is 1. The summed E-state index contributed by atoms with van der Waals surface area (Å²) in [5.74, 6) is 0.775. The van der Waals surface area contributed by atoms with Gasteiger partial charge in [0.05, 0.1) is 6.04 Å². The first kappa shape index (κ1) is 12.0. The monoisotopic (exact) mass is 264 g/mol. The molecule has 1 atom stereocenters. The number of oxazole rings is 1. The fourth-order valence-electron chi connectivity index (χ4n) is 2.67. The zero-order valence-corrected chi connectivity index (χ0v) is 11.4. The minimum absolute atomic E-state index is 0.170. The second kappa shape index (κ2) is 4.25. The molecule has 1 unspecified atom stereocenters. The molecule has 0 radical (unpaired) electrons. The lowest BCUT2D eigenvalue weighted by atomic mass is 9.77. The van der Waals surface area contributed by atoms with Crippen LogP contribution in [-0.4, -0.2) is 11.5 Å². The zero-order chi connectivity index (χ0) is 12.8. The molecule has 1 saturated heterocycles. The zero-order valence-electron chi connectivity index (χ0n) is 10.7. The van der Waals surface area contributed by atoms with Crippen molar-refractivity contribution in [3.8, 4) is 0 Å². The number of hydrogen-bond acceptors (Lipinski definition) is 3. The van der Waals surface area contributed by atoms with Crippen molar-refractivity contribution in [1.82, 2.24) is 10.3 Å². The lowest BCUT2D eigenvalue weighted by Gasteiger charge is -2.37. The van der Waals surface area contributed by atoms with E-state index in [0.29, 0.717) is 5.02 Å². The Morgan fingerprint density at radius 2 is 2.28 bits per heavy atom. The molecule has 2 aromatic rings. The number of fused-ring (bicyclic) bond motifs is 1. The van der Waals surface area contributed by atoms with Gasteiger partial charge < -0.3 is 9.73 Å². The van der Waals surface area contributed by atoms with Crippen LogP contribution in [0.1, 0.15) is 38.6 Å². The summed E-state index contributed by atoms with van der Waals surface area (Å²) in [4.78, 5) is 4.58. The standard InChI is InChI=1S/C14H17ClN2O/c1-14(2)6-3-7-16-12(14)13-17-10-8-9(15)4-5-11(10)18-13/h4-5,8,12,16H,3,6-7H2,1-2H3. The molecule has 18 heavy (non-hydrogen) atoms. The van der Waals surface area contributed by atoms with Crippen LogP contribution in [0, 0.1) is 5.41 Å². The van der Waals surface area contributed by atoms with Crippen molar-refractivity contribution in [3.05, 3.63) is 29.1 Å². The lowest BCUT2D eigenvalue weighted by molar-refractivity contribution is 0.157. The van der Waals surface area contributed by atoms with Gasteiger partial charge in [-0.3, -0.25) is 0 Å². The predicted octanol–water partition coefficient (Wildman–Crippen LogP) is 3.93. The van der Waals surface area contributed by atoms with Gasteiger partial charge in [-0.05, 0) is 43.0 Å². The van der Waals surface area contributed by atoms with Gasteiger partial charge in [-0.25, -0.2) is 4.98 Å². The van der Waals surface area contributed by atoms with Crippen LogP contribution in [0.4, 0.5) is 0 Å². The molecule has 1 fully saturated rings. The first-order valence-corrected chi connectivity index (χ1v) is 6.73. The molecule has 1 aliphatic heterocycles. The van der Waals surface area contributed by atoms with Crippen molar-refractivity contribution in [1.29, 1.82) is 0 Å². The molecule has 2 heterocycles. The Bertz CT molecular complexity index is 576. The lowest BCUT2D eigenvalue weighted by Crippen LogP contribution is -2.39. The molecule has 3 nitrogen and oxygen atoms in total. The van der Waals surface area contributed by atoms with Crippen molar-refractivity contribution >= 4 is 22.7 Å². The van der Waals surface area contributed by atoms with E-state index >= 15 is 0 Å². The van der Waals surface area contributed by atoms with Gasteiger partial charge in [-0.1, -0.05) is 25.4 Å². The topological polar surface area (TPSA) is 38.1 Å². The molecular formula is C14H17ClN2O. The molecule has 0 bridgehead atoms. The number of nitrogens with one attached hydrogen (secondary N) is 1. The average Bonchev–Trinajstić information content (AvgIpc) is 2.70. The second-order valence-electron chi connectivity index (χ2n) is 5.64. The van der Waals surface area contributed by atoms with Gasteiger partial charge in [0.25, 0.3) is 0 Å². The Hall–Kier alpha value is -1.06. The number of benzene rings is 1. The smallest absolute Gasteiger partial charge is 0.213 e. The van der Waals surface area contributed by atoms with E-state index in [1.54, 1.807) is 0 Å². The molecule has 3 rings (SSSR count). The Morgan fingerprint density at radius 3 is 3.06 bits per heavy atom. The van der Waals surface area contributed by atoms with Crippen LogP contribution in [0.25, 0.3) is 11.1 Å². The van der Waals surface area contributed by atoms with Gasteiger partial charge in [0, 0.05) is 5.02 Å². The number of hydrogen-bond donors (Lipinski definition) is 1. The minimum atomic E-state index is 0.170. The normalized spacial score (nSPS) is 23.4. The van der Waals surface area contributed by atoms with Crippen molar-refractivity contribution in [3.63, 3.8) is 0 Å². The molecule has 4 heteroatoms. The maximum absolute atomic E-state index is 5.97. The number of aromatic nitrogens is 1. The third-order valence-corrected chi connectivity index (χ3v) is 3.98. The molecule has 1 aromatic heterocycles. The van der Waals surface area contributed by atoms with Crippen LogP contribution in [0.15, 0.2) is 22.6 Å². The Balaban J connectivity index is 2.03. The average molecular weight is 265 g/mol. The first-order chi connectivity index (χ1) is 8.56. The summed E-state index contributed by atoms with van der Waals surface area (Å²) in [6.45, 7) is 5.53. The van der Waals surface area contributed by atoms with Crippen molar-refractivity contribution in [2.24, 2.45) is 5.41 Å². The van der Waals surface area contributed by atoms with Crippen molar-refractivity contribution in [2.45, 2.75) is 32.7 Å². The molecule has 1 aromatic carbocycles. The third-order valence-electron chi connectivity index (χ3n) is 3.74. The molecule has 96 valence electrons. The van der Waals surface area contributed by atoms with Gasteiger partial charge in [0.15, 0.2) is 5.58 Å². The quantitative estimate of drug-likeness (QED) is 0.848. The van der Waals surface area contributed by atoms with Gasteiger partial charge >= 0.3 is 0 Å². The summed E-state index contributed by atoms with van der Waals surface area (Å²) >= 11 is 5.97. The van der Waals surface area contributed by atoms with E-state index in [9.17, 15) is 0 Å². The first-order valence-electron chi connectivity index (χ1n) is 6.36. The number of halogens is 1. The molecule has 0 spiro atoms. The fourth-order valence-corrected chi connectivity index (χ4v) is 2.84. The van der Waals surface area contributed by atoms with E-state index < -0.39 is 0 Å².